The molecular weight excluding hydrogens is 1000 g/mol. The van der Waals surface area contributed by atoms with Gasteiger partial charge in [0.15, 0.2) is 0 Å². The summed E-state index contributed by atoms with van der Waals surface area (Å²) in [7, 11) is -6.18. The molecule has 0 spiro atoms. The lowest BCUT2D eigenvalue weighted by molar-refractivity contribution is 0.0915. The lowest BCUT2D eigenvalue weighted by Gasteiger charge is -2.48. The molecular formula is C56H70N12O6S2. The van der Waals surface area contributed by atoms with Crippen LogP contribution in [0.5, 0.6) is 0 Å². The van der Waals surface area contributed by atoms with Crippen molar-refractivity contribution in [3.63, 3.8) is 0 Å². The first kappa shape index (κ1) is 50.8. The topological polar surface area (TPSA) is 192 Å². The van der Waals surface area contributed by atoms with E-state index < -0.39 is 25.9 Å². The molecule has 0 aliphatic carbocycles. The Balaban J connectivity index is 0.843. The summed E-state index contributed by atoms with van der Waals surface area (Å²) in [5, 5.41) is 7.76. The van der Waals surface area contributed by atoms with Gasteiger partial charge in [0.25, 0.3) is 0 Å². The van der Waals surface area contributed by atoms with Crippen LogP contribution in [0.2, 0.25) is 0 Å². The lowest BCUT2D eigenvalue weighted by Crippen LogP contribution is -2.57. The molecule has 6 aromatic rings. The minimum Gasteiger partial charge on any atom is -0.379 e. The minimum atomic E-state index is -3.11. The smallest absolute Gasteiger partial charge is 0.227 e. The van der Waals surface area contributed by atoms with E-state index in [1.807, 2.05) is 30.7 Å². The molecule has 0 amide bonds. The molecule has 3 unspecified atom stereocenters. The second kappa shape index (κ2) is 19.5. The Morgan fingerprint density at radius 3 is 1.86 bits per heavy atom. The number of pyridine rings is 2. The third-order valence-electron chi connectivity index (χ3n) is 17.4. The number of hydrogen-bond donors (Lipinski definition) is 1. The number of nitrogens with zero attached hydrogens (tertiary/aromatic N) is 11. The van der Waals surface area contributed by atoms with E-state index in [1.165, 1.54) is 23.6 Å². The van der Waals surface area contributed by atoms with Gasteiger partial charge >= 0.3 is 0 Å². The summed E-state index contributed by atoms with van der Waals surface area (Å²) in [6, 6.07) is 17.2. The standard InChI is InChI=1S/C56H70N12O6S2/c1-32(2)39-9-11-46(66-25-37(34(66)5)30-75(7,69)70)44-23-59-51(21-42(39)44)61-50-13-17-57-55(62-50)65-20-16-41-49(65)29-74-54(41)68(52-14-18-58-56(63-52)64-19-15-36-27-73-28-48(36)64)53-22-43-40(33(3)4)10-12-47(45(43)24-60-53)67-26-38(35(67)6)31-76(8,71)72/h9-14,17-18,21-24,32-38,41,48-49,54H,15-16,19-20,25-31H2,1-8H3,(H,57,59,61,62)/t34-,35-,36-,37-,38-,41?,48+,49?,54?/m1/s1. The molecule has 76 heavy (non-hydrogen) atoms. The Hall–Kier alpha value is -5.96. The van der Waals surface area contributed by atoms with Crippen LogP contribution in [-0.2, 0) is 29.1 Å². The Morgan fingerprint density at radius 1 is 0.632 bits per heavy atom. The average molecular weight is 1070 g/mol. The zero-order valence-electron chi connectivity index (χ0n) is 44.7. The highest BCUT2D eigenvalue weighted by molar-refractivity contribution is 7.90. The van der Waals surface area contributed by atoms with Crippen molar-refractivity contribution in [2.75, 3.05) is 99.8 Å². The fourth-order valence-corrected chi connectivity index (χ4v) is 15.5. The predicted octanol–water partition coefficient (Wildman–Crippen LogP) is 7.71. The minimum absolute atomic E-state index is 0.0307. The van der Waals surface area contributed by atoms with Crippen LogP contribution in [0.25, 0.3) is 21.5 Å². The van der Waals surface area contributed by atoms with Crippen molar-refractivity contribution in [2.24, 2.45) is 23.7 Å². The maximum Gasteiger partial charge on any atom is 0.227 e. The van der Waals surface area contributed by atoms with E-state index in [0.29, 0.717) is 61.6 Å². The number of fused-ring (bicyclic) bond motifs is 4. The van der Waals surface area contributed by atoms with Crippen LogP contribution in [0, 0.1) is 23.7 Å². The molecule has 0 bridgehead atoms. The van der Waals surface area contributed by atoms with Crippen LogP contribution >= 0.6 is 0 Å². The number of hydrogen-bond acceptors (Lipinski definition) is 18. The highest BCUT2D eigenvalue weighted by Crippen LogP contribution is 2.46. The van der Waals surface area contributed by atoms with Gasteiger partial charge in [0.05, 0.1) is 43.4 Å². The molecule has 6 aliphatic rings. The number of ether oxygens (including phenoxy) is 2. The van der Waals surface area contributed by atoms with Crippen molar-refractivity contribution in [3.05, 3.63) is 84.4 Å². The number of rotatable bonds is 15. The van der Waals surface area contributed by atoms with Gasteiger partial charge < -0.3 is 34.4 Å². The van der Waals surface area contributed by atoms with Crippen LogP contribution in [-0.4, -0.2) is 147 Å². The largest absolute Gasteiger partial charge is 0.379 e. The molecule has 4 aromatic heterocycles. The molecule has 402 valence electrons. The molecule has 18 nitrogen and oxygen atoms in total. The van der Waals surface area contributed by atoms with Crippen molar-refractivity contribution < 1.29 is 26.3 Å². The molecule has 1 N–H and O–H groups in total. The van der Waals surface area contributed by atoms with Gasteiger partial charge in [-0.05, 0) is 96.8 Å². The second-order valence-corrected chi connectivity index (χ2v) is 27.5. The molecule has 12 rings (SSSR count). The van der Waals surface area contributed by atoms with Gasteiger partial charge in [0.2, 0.25) is 11.9 Å². The molecule has 2 aromatic carbocycles. The Bertz CT molecular complexity index is 3440. The van der Waals surface area contributed by atoms with E-state index in [2.05, 4.69) is 108 Å². The van der Waals surface area contributed by atoms with E-state index in [9.17, 15) is 16.8 Å². The SMILES string of the molecule is CC(C)c1ccc(N2C[C@H](CS(C)(=O)=O)[C@H]2C)c2cnc(Nc3ccnc(N4CCC5C4COC5N(c4cc5c(C(C)C)ccc(N6C[C@H](CS(C)(=O)=O)[C@H]6C)c5cn4)c4ccnc(N5CC[C@@H]6COC[C@@H]65)n4)n3)cc12. The molecule has 6 aliphatic heterocycles. The monoisotopic (exact) mass is 1070 g/mol. The van der Waals surface area contributed by atoms with Gasteiger partial charge in [-0.3, -0.25) is 4.90 Å². The first-order valence-corrected chi connectivity index (χ1v) is 31.2. The summed E-state index contributed by atoms with van der Waals surface area (Å²) >= 11 is 0. The fourth-order valence-electron chi connectivity index (χ4n) is 13.2. The first-order chi connectivity index (χ1) is 36.4. The molecule has 6 fully saturated rings. The second-order valence-electron chi connectivity index (χ2n) is 23.1. The molecule has 9 atom stereocenters. The third kappa shape index (κ3) is 9.33. The molecule has 6 saturated heterocycles. The maximum atomic E-state index is 12.3. The van der Waals surface area contributed by atoms with Crippen LogP contribution in [0.1, 0.15) is 77.3 Å². The van der Waals surface area contributed by atoms with Gasteiger partial charge in [-0.15, -0.1) is 0 Å². The van der Waals surface area contributed by atoms with Gasteiger partial charge in [-0.1, -0.05) is 39.8 Å². The highest BCUT2D eigenvalue weighted by atomic mass is 32.2. The van der Waals surface area contributed by atoms with E-state index in [0.717, 1.165) is 71.3 Å². The molecule has 10 heterocycles. The Morgan fingerprint density at radius 2 is 1.22 bits per heavy atom. The van der Waals surface area contributed by atoms with Crippen LogP contribution in [0.4, 0.5) is 46.5 Å². The van der Waals surface area contributed by atoms with Crippen LogP contribution < -0.4 is 29.8 Å². The number of benzene rings is 2. The average Bonchev–Trinajstić information content (AvgIpc) is 4.20. The molecule has 0 saturated carbocycles. The zero-order valence-corrected chi connectivity index (χ0v) is 46.4. The number of sulfone groups is 2. The van der Waals surface area contributed by atoms with Crippen molar-refractivity contribution in [1.29, 1.82) is 0 Å². The predicted molar refractivity (Wildman–Crippen MR) is 300 cm³/mol. The van der Waals surface area contributed by atoms with Crippen molar-refractivity contribution in [1.82, 2.24) is 29.9 Å². The summed E-state index contributed by atoms with van der Waals surface area (Å²) in [4.78, 5) is 41.7. The van der Waals surface area contributed by atoms with E-state index in [4.69, 9.17) is 39.4 Å². The number of aromatic nitrogens is 6. The number of nitrogens with one attached hydrogen (secondary N) is 1. The summed E-state index contributed by atoms with van der Waals surface area (Å²) in [6.45, 7) is 17.9. The van der Waals surface area contributed by atoms with Gasteiger partial charge in [0, 0.05) is 121 Å². The van der Waals surface area contributed by atoms with E-state index >= 15 is 0 Å². The maximum absolute atomic E-state index is 12.3. The van der Waals surface area contributed by atoms with Crippen molar-refractivity contribution in [2.45, 2.75) is 96.6 Å². The van der Waals surface area contributed by atoms with E-state index in [1.54, 1.807) is 6.20 Å². The van der Waals surface area contributed by atoms with Crippen molar-refractivity contribution in [3.8, 4) is 0 Å². The van der Waals surface area contributed by atoms with Gasteiger partial charge in [-0.2, -0.15) is 9.97 Å². The zero-order chi connectivity index (χ0) is 52.9. The summed E-state index contributed by atoms with van der Waals surface area (Å²) in [5.74, 6) is 5.53. The summed E-state index contributed by atoms with van der Waals surface area (Å²) in [5.41, 5.74) is 4.53. The summed E-state index contributed by atoms with van der Waals surface area (Å²) in [6.07, 6.45) is 11.6. The van der Waals surface area contributed by atoms with Crippen LogP contribution in [0.15, 0.2) is 73.3 Å². The quantitative estimate of drug-likeness (QED) is 0.105. The first-order valence-electron chi connectivity index (χ1n) is 27.1. The Labute approximate surface area is 446 Å². The normalized spacial score (nSPS) is 26.4. The summed E-state index contributed by atoms with van der Waals surface area (Å²) < 4.78 is 61.8. The lowest BCUT2D eigenvalue weighted by atomic mass is 9.88. The van der Waals surface area contributed by atoms with Gasteiger partial charge in [0.1, 0.15) is 49.2 Å². The highest BCUT2D eigenvalue weighted by Gasteiger charge is 2.50. The van der Waals surface area contributed by atoms with Gasteiger partial charge in [-0.25, -0.2) is 36.8 Å². The Kier molecular flexibility index (Phi) is 13.0. The fraction of sp³-hybridized carbons (Fsp3) is 0.536. The third-order valence-corrected chi connectivity index (χ3v) is 19.5. The van der Waals surface area contributed by atoms with Crippen molar-refractivity contribution >= 4 is 87.8 Å². The molecule has 0 radical (unpaired) electrons. The molecule has 20 heteroatoms. The number of anilines is 8. The van der Waals surface area contributed by atoms with E-state index in [-0.39, 0.29) is 65.3 Å². The van der Waals surface area contributed by atoms with Crippen LogP contribution in [0.3, 0.4) is 0 Å².